The summed E-state index contributed by atoms with van der Waals surface area (Å²) in [6.45, 7) is 12.7. The molecule has 0 bridgehead atoms. The maximum atomic E-state index is 6.20. The van der Waals surface area contributed by atoms with Crippen LogP contribution in [0, 0.1) is 0 Å². The molecule has 0 radical (unpaired) electrons. The Morgan fingerprint density at radius 3 is 2.29 bits per heavy atom. The Morgan fingerprint density at radius 2 is 1.76 bits per heavy atom. The lowest BCUT2D eigenvalue weighted by Gasteiger charge is -2.48. The van der Waals surface area contributed by atoms with Crippen molar-refractivity contribution >= 4 is 21.6 Å². The number of halogens is 1. The largest absolute Gasteiger partial charge is 0.366 e. The van der Waals surface area contributed by atoms with E-state index in [1.54, 1.807) is 0 Å². The van der Waals surface area contributed by atoms with Gasteiger partial charge in [0.25, 0.3) is 0 Å². The fourth-order valence-electron chi connectivity index (χ4n) is 3.27. The van der Waals surface area contributed by atoms with Crippen LogP contribution in [0.1, 0.15) is 46.2 Å². The molecule has 1 saturated heterocycles. The van der Waals surface area contributed by atoms with E-state index in [1.807, 2.05) is 7.05 Å². The summed E-state index contributed by atoms with van der Waals surface area (Å²) in [6, 6.07) is 6.86. The molecular formula is C17H27BrN2O. The predicted molar refractivity (Wildman–Crippen MR) is 93.1 cm³/mol. The maximum Gasteiger partial charge on any atom is 0.0808 e. The van der Waals surface area contributed by atoms with E-state index in [2.05, 4.69) is 79.0 Å². The summed E-state index contributed by atoms with van der Waals surface area (Å²) in [5.74, 6) is 0. The summed E-state index contributed by atoms with van der Waals surface area (Å²) in [7, 11) is 2.00. The van der Waals surface area contributed by atoms with Crippen molar-refractivity contribution in [2.24, 2.45) is 0 Å². The Hall–Kier alpha value is -0.580. The molecule has 0 spiro atoms. The lowest BCUT2D eigenvalue weighted by atomic mass is 9.96. The van der Waals surface area contributed by atoms with Gasteiger partial charge >= 0.3 is 0 Å². The quantitative estimate of drug-likeness (QED) is 0.883. The molecule has 1 unspecified atom stereocenters. The first-order valence-corrected chi connectivity index (χ1v) is 8.35. The number of hydrogen-bond donors (Lipinski definition) is 1. The van der Waals surface area contributed by atoms with Crippen molar-refractivity contribution in [1.82, 2.24) is 5.32 Å². The highest BCUT2D eigenvalue weighted by Gasteiger charge is 2.38. The lowest BCUT2D eigenvalue weighted by Crippen LogP contribution is -2.57. The molecule has 1 N–H and O–H groups in total. The molecule has 21 heavy (non-hydrogen) atoms. The van der Waals surface area contributed by atoms with Gasteiger partial charge < -0.3 is 15.0 Å². The van der Waals surface area contributed by atoms with E-state index in [0.29, 0.717) is 6.04 Å². The minimum atomic E-state index is -0.149. The monoisotopic (exact) mass is 354 g/mol. The van der Waals surface area contributed by atoms with Gasteiger partial charge in [0.2, 0.25) is 0 Å². The van der Waals surface area contributed by atoms with E-state index in [4.69, 9.17) is 4.74 Å². The zero-order chi connectivity index (χ0) is 15.8. The standard InChI is InChI=1S/C17H27BrN2O/c1-12(19-6)14-8-7-13(18)9-15(14)20-10-16(2,3)21-17(4,5)11-20/h7-9,12,19H,10-11H2,1-6H3. The third-order valence-electron chi connectivity index (χ3n) is 3.93. The zero-order valence-electron chi connectivity index (χ0n) is 14.0. The average Bonchev–Trinajstić information content (AvgIpc) is 2.34. The van der Waals surface area contributed by atoms with Crippen molar-refractivity contribution in [3.05, 3.63) is 28.2 Å². The van der Waals surface area contributed by atoms with Crippen molar-refractivity contribution in [2.45, 2.75) is 51.9 Å². The van der Waals surface area contributed by atoms with Crippen LogP contribution in [-0.4, -0.2) is 31.3 Å². The molecule has 2 rings (SSSR count). The van der Waals surface area contributed by atoms with E-state index in [1.165, 1.54) is 11.3 Å². The fraction of sp³-hybridized carbons (Fsp3) is 0.647. The highest BCUT2D eigenvalue weighted by molar-refractivity contribution is 9.10. The summed E-state index contributed by atoms with van der Waals surface area (Å²) in [6.07, 6.45) is 0. The highest BCUT2D eigenvalue weighted by Crippen LogP contribution is 2.36. The van der Waals surface area contributed by atoms with Crippen LogP contribution >= 0.6 is 15.9 Å². The van der Waals surface area contributed by atoms with Crippen LogP contribution < -0.4 is 10.2 Å². The van der Waals surface area contributed by atoms with E-state index in [0.717, 1.165) is 17.6 Å². The van der Waals surface area contributed by atoms with Crippen LogP contribution in [0.5, 0.6) is 0 Å². The Balaban J connectivity index is 2.42. The van der Waals surface area contributed by atoms with Gasteiger partial charge in [-0.2, -0.15) is 0 Å². The molecule has 1 fully saturated rings. The SMILES string of the molecule is CNC(C)c1ccc(Br)cc1N1CC(C)(C)OC(C)(C)C1. The molecule has 1 heterocycles. The Bertz CT molecular complexity index is 498. The lowest BCUT2D eigenvalue weighted by molar-refractivity contribution is -0.133. The van der Waals surface area contributed by atoms with E-state index >= 15 is 0 Å². The van der Waals surface area contributed by atoms with Crippen molar-refractivity contribution < 1.29 is 4.74 Å². The fourth-order valence-corrected chi connectivity index (χ4v) is 3.62. The van der Waals surface area contributed by atoms with Crippen molar-refractivity contribution in [2.75, 3.05) is 25.0 Å². The van der Waals surface area contributed by atoms with Gasteiger partial charge in [-0.25, -0.2) is 0 Å². The van der Waals surface area contributed by atoms with Gasteiger partial charge in [0.15, 0.2) is 0 Å². The van der Waals surface area contributed by atoms with Gasteiger partial charge in [-0.1, -0.05) is 22.0 Å². The number of morpholine rings is 1. The van der Waals surface area contributed by atoms with Crippen molar-refractivity contribution in [1.29, 1.82) is 0 Å². The molecule has 1 atom stereocenters. The number of benzene rings is 1. The Morgan fingerprint density at radius 1 is 1.19 bits per heavy atom. The van der Waals surface area contributed by atoms with Crippen LogP contribution in [0.15, 0.2) is 22.7 Å². The maximum absolute atomic E-state index is 6.20. The molecule has 118 valence electrons. The number of hydrogen-bond acceptors (Lipinski definition) is 3. The van der Waals surface area contributed by atoms with Crippen molar-refractivity contribution in [3.63, 3.8) is 0 Å². The third-order valence-corrected chi connectivity index (χ3v) is 4.42. The molecule has 0 aliphatic carbocycles. The second-order valence-corrected chi connectivity index (χ2v) is 8.11. The van der Waals surface area contributed by atoms with E-state index < -0.39 is 0 Å². The highest BCUT2D eigenvalue weighted by atomic mass is 79.9. The number of anilines is 1. The average molecular weight is 355 g/mol. The van der Waals surface area contributed by atoms with E-state index in [-0.39, 0.29) is 11.2 Å². The molecule has 1 aliphatic heterocycles. The number of ether oxygens (including phenoxy) is 1. The van der Waals surface area contributed by atoms with Crippen LogP contribution in [0.3, 0.4) is 0 Å². The smallest absolute Gasteiger partial charge is 0.0808 e. The van der Waals surface area contributed by atoms with E-state index in [9.17, 15) is 0 Å². The zero-order valence-corrected chi connectivity index (χ0v) is 15.5. The Kier molecular flexibility index (Phi) is 4.72. The van der Waals surface area contributed by atoms with Crippen molar-refractivity contribution in [3.8, 4) is 0 Å². The minimum absolute atomic E-state index is 0.149. The summed E-state index contributed by atoms with van der Waals surface area (Å²) in [4.78, 5) is 2.46. The first-order chi connectivity index (χ1) is 9.63. The molecule has 0 saturated carbocycles. The topological polar surface area (TPSA) is 24.5 Å². The number of rotatable bonds is 3. The first kappa shape index (κ1) is 16.8. The van der Waals surface area contributed by atoms with Crippen LogP contribution in [0.4, 0.5) is 5.69 Å². The third kappa shape index (κ3) is 3.99. The molecule has 1 aromatic rings. The van der Waals surface area contributed by atoms with Gasteiger partial charge in [-0.3, -0.25) is 0 Å². The van der Waals surface area contributed by atoms with Crippen LogP contribution in [0.25, 0.3) is 0 Å². The van der Waals surface area contributed by atoms with Crippen LogP contribution in [-0.2, 0) is 4.74 Å². The first-order valence-electron chi connectivity index (χ1n) is 7.55. The Labute approximate surface area is 137 Å². The molecule has 1 aromatic carbocycles. The molecule has 0 aromatic heterocycles. The number of nitrogens with zero attached hydrogens (tertiary/aromatic N) is 1. The van der Waals surface area contributed by atoms with Crippen LogP contribution in [0.2, 0.25) is 0 Å². The summed E-state index contributed by atoms with van der Waals surface area (Å²) in [5.41, 5.74) is 2.32. The van der Waals surface area contributed by atoms with Gasteiger partial charge in [-0.05, 0) is 59.4 Å². The molecule has 0 amide bonds. The molecule has 1 aliphatic rings. The van der Waals surface area contributed by atoms with Gasteiger partial charge in [-0.15, -0.1) is 0 Å². The number of nitrogens with one attached hydrogen (secondary N) is 1. The molecular weight excluding hydrogens is 328 g/mol. The second-order valence-electron chi connectivity index (χ2n) is 7.19. The normalized spacial score (nSPS) is 22.1. The van der Waals surface area contributed by atoms with Gasteiger partial charge in [0.1, 0.15) is 0 Å². The van der Waals surface area contributed by atoms with Gasteiger partial charge in [0, 0.05) is 29.3 Å². The van der Waals surface area contributed by atoms with Gasteiger partial charge in [0.05, 0.1) is 11.2 Å². The molecule has 3 nitrogen and oxygen atoms in total. The minimum Gasteiger partial charge on any atom is -0.366 e. The molecule has 4 heteroatoms. The summed E-state index contributed by atoms with van der Waals surface area (Å²) < 4.78 is 7.32. The summed E-state index contributed by atoms with van der Waals surface area (Å²) in [5, 5.41) is 3.35. The summed E-state index contributed by atoms with van der Waals surface area (Å²) >= 11 is 3.61. The predicted octanol–water partition coefficient (Wildman–Crippen LogP) is 4.12. The second kappa shape index (κ2) is 5.90.